The lowest BCUT2D eigenvalue weighted by atomic mass is 10.3. The number of aliphatic imine (C=N–C) groups is 1. The van der Waals surface area contributed by atoms with E-state index < -0.39 is 0 Å². The van der Waals surface area contributed by atoms with Crippen molar-refractivity contribution >= 4 is 46.2 Å². The lowest BCUT2D eigenvalue weighted by molar-refractivity contribution is 1.06. The van der Waals surface area contributed by atoms with Gasteiger partial charge in [-0.2, -0.15) is 0 Å². The van der Waals surface area contributed by atoms with Gasteiger partial charge in [0.1, 0.15) is 5.84 Å². The molecular weight excluding hydrogens is 298 g/mol. The van der Waals surface area contributed by atoms with Gasteiger partial charge in [0, 0.05) is 16.3 Å². The predicted molar refractivity (Wildman–Crippen MR) is 84.7 cm³/mol. The lowest BCUT2D eigenvalue weighted by Gasteiger charge is -2.11. The van der Waals surface area contributed by atoms with Crippen LogP contribution in [0.3, 0.4) is 0 Å². The minimum absolute atomic E-state index is 0.730. The van der Waals surface area contributed by atoms with E-state index >= 15 is 0 Å². The molecule has 0 bridgehead atoms. The second-order valence-electron chi connectivity index (χ2n) is 3.96. The summed E-state index contributed by atoms with van der Waals surface area (Å²) in [6, 6.07) is 9.66. The number of rotatable bonds is 2. The molecule has 1 aliphatic rings. The monoisotopic (exact) mass is 309 g/mol. The highest BCUT2D eigenvalue weighted by Gasteiger charge is 2.14. The maximum Gasteiger partial charge on any atom is 0.149 e. The molecule has 0 unspecified atom stereocenters. The van der Waals surface area contributed by atoms with Crippen molar-refractivity contribution in [3.8, 4) is 0 Å². The Morgan fingerprint density at radius 3 is 2.79 bits per heavy atom. The Labute approximate surface area is 125 Å². The molecule has 1 aromatic carbocycles. The summed E-state index contributed by atoms with van der Waals surface area (Å²) in [6.45, 7) is 0.830. The van der Waals surface area contributed by atoms with Crippen molar-refractivity contribution in [3.05, 3.63) is 46.3 Å². The van der Waals surface area contributed by atoms with Gasteiger partial charge >= 0.3 is 0 Å². The van der Waals surface area contributed by atoms with Crippen molar-refractivity contribution in [1.29, 1.82) is 0 Å². The van der Waals surface area contributed by atoms with Gasteiger partial charge in [-0.15, -0.1) is 23.1 Å². The fourth-order valence-electron chi connectivity index (χ4n) is 1.74. The van der Waals surface area contributed by atoms with E-state index in [9.17, 15) is 0 Å². The maximum absolute atomic E-state index is 5.86. The van der Waals surface area contributed by atoms with Crippen LogP contribution in [0.1, 0.15) is 5.56 Å². The van der Waals surface area contributed by atoms with E-state index in [-0.39, 0.29) is 0 Å². The topological polar surface area (TPSA) is 36.4 Å². The average Bonchev–Trinajstić information content (AvgIpc) is 2.80. The van der Waals surface area contributed by atoms with Gasteiger partial charge < -0.3 is 0 Å². The number of anilines is 1. The van der Waals surface area contributed by atoms with Crippen LogP contribution in [0.5, 0.6) is 0 Å². The average molecular weight is 310 g/mol. The number of amidine groups is 1. The zero-order valence-corrected chi connectivity index (χ0v) is 12.4. The van der Waals surface area contributed by atoms with E-state index in [2.05, 4.69) is 27.3 Å². The Morgan fingerprint density at radius 2 is 1.95 bits per heavy atom. The second kappa shape index (κ2) is 5.86. The lowest BCUT2D eigenvalue weighted by Crippen LogP contribution is -2.30. The highest BCUT2D eigenvalue weighted by atomic mass is 35.5. The van der Waals surface area contributed by atoms with Gasteiger partial charge in [-0.05, 0) is 35.7 Å². The normalized spacial score (nSPS) is 14.3. The second-order valence-corrected chi connectivity index (χ2v) is 6.67. The molecule has 3 rings (SSSR count). The Balaban J connectivity index is 1.73. The third-order valence-corrected chi connectivity index (χ3v) is 5.12. The standard InChI is InChI=1S/C13H12ClN3S2/c14-9-1-3-10(4-2-9)16-17-12-11-5-7-18-13(11)19-8-6-15-12/h1-5,7,16H,6,8H2,(H,15,17). The van der Waals surface area contributed by atoms with Crippen LogP contribution in [0.4, 0.5) is 5.69 Å². The number of benzene rings is 1. The number of halogens is 1. The molecular formula is C13H12ClN3S2. The van der Waals surface area contributed by atoms with E-state index in [1.54, 1.807) is 11.3 Å². The number of thiophene rings is 1. The van der Waals surface area contributed by atoms with Crippen molar-refractivity contribution in [2.75, 3.05) is 17.7 Å². The quantitative estimate of drug-likeness (QED) is 0.827. The Morgan fingerprint density at radius 1 is 1.11 bits per heavy atom. The predicted octanol–water partition coefficient (Wildman–Crippen LogP) is 3.87. The van der Waals surface area contributed by atoms with Gasteiger partial charge in [0.05, 0.1) is 16.4 Å². The van der Waals surface area contributed by atoms with Crippen LogP contribution in [0, 0.1) is 0 Å². The van der Waals surface area contributed by atoms with Gasteiger partial charge in [0.25, 0.3) is 0 Å². The van der Waals surface area contributed by atoms with Gasteiger partial charge in [0.2, 0.25) is 0 Å². The molecule has 2 heterocycles. The van der Waals surface area contributed by atoms with Crippen LogP contribution in [-0.4, -0.2) is 18.1 Å². The first-order valence-electron chi connectivity index (χ1n) is 5.85. The van der Waals surface area contributed by atoms with Gasteiger partial charge in [-0.25, -0.2) is 0 Å². The van der Waals surface area contributed by atoms with Crippen LogP contribution < -0.4 is 10.9 Å². The molecule has 2 aromatic rings. The first-order chi connectivity index (χ1) is 9.33. The molecule has 0 aliphatic carbocycles. The Bertz CT molecular complexity index is 592. The fourth-order valence-corrected chi connectivity index (χ4v) is 3.86. The summed E-state index contributed by atoms with van der Waals surface area (Å²) in [5, 5.41) is 2.83. The first-order valence-corrected chi connectivity index (χ1v) is 8.10. The zero-order valence-electron chi connectivity index (χ0n) is 10.0. The molecule has 1 aromatic heterocycles. The summed E-state index contributed by atoms with van der Waals surface area (Å²) in [6.07, 6.45) is 0. The van der Waals surface area contributed by atoms with Crippen LogP contribution in [0.2, 0.25) is 5.02 Å². The molecule has 0 saturated carbocycles. The van der Waals surface area contributed by atoms with Crippen LogP contribution in [-0.2, 0) is 0 Å². The van der Waals surface area contributed by atoms with Crippen LogP contribution in [0.15, 0.2) is 44.9 Å². The minimum atomic E-state index is 0.730. The molecule has 0 fully saturated rings. The van der Waals surface area contributed by atoms with E-state index in [0.717, 1.165) is 28.8 Å². The number of hydrogen-bond donors (Lipinski definition) is 2. The highest BCUT2D eigenvalue weighted by Crippen LogP contribution is 2.30. The molecule has 0 saturated heterocycles. The number of nitrogens with zero attached hydrogens (tertiary/aromatic N) is 1. The number of fused-ring (bicyclic) bond motifs is 1. The number of hydrogen-bond acceptors (Lipinski definition) is 5. The molecule has 0 radical (unpaired) electrons. The van der Waals surface area contributed by atoms with E-state index in [1.807, 2.05) is 36.0 Å². The molecule has 0 spiro atoms. The van der Waals surface area contributed by atoms with E-state index in [1.165, 1.54) is 9.77 Å². The van der Waals surface area contributed by atoms with Crippen LogP contribution >= 0.6 is 34.7 Å². The third kappa shape index (κ3) is 3.05. The fraction of sp³-hybridized carbons (Fsp3) is 0.154. The Hall–Kier alpha value is -1.17. The highest BCUT2D eigenvalue weighted by molar-refractivity contribution is 8.01. The smallest absolute Gasteiger partial charge is 0.149 e. The molecule has 19 heavy (non-hydrogen) atoms. The van der Waals surface area contributed by atoms with Crippen molar-refractivity contribution < 1.29 is 0 Å². The molecule has 1 aliphatic heterocycles. The SMILES string of the molecule is Clc1ccc(NNC2=NCCSc3sccc32)cc1. The molecule has 6 heteroatoms. The van der Waals surface area contributed by atoms with Crippen LogP contribution in [0.25, 0.3) is 0 Å². The van der Waals surface area contributed by atoms with Gasteiger partial charge in [0.15, 0.2) is 0 Å². The summed E-state index contributed by atoms with van der Waals surface area (Å²) in [5.41, 5.74) is 8.48. The van der Waals surface area contributed by atoms with Crippen molar-refractivity contribution in [1.82, 2.24) is 5.43 Å². The van der Waals surface area contributed by atoms with Crippen molar-refractivity contribution in [3.63, 3.8) is 0 Å². The largest absolute Gasteiger partial charge is 0.300 e. The van der Waals surface area contributed by atoms with E-state index in [4.69, 9.17) is 11.6 Å². The molecule has 0 atom stereocenters. The van der Waals surface area contributed by atoms with E-state index in [0.29, 0.717) is 0 Å². The number of hydrazine groups is 1. The molecule has 3 nitrogen and oxygen atoms in total. The maximum atomic E-state index is 5.86. The summed E-state index contributed by atoms with van der Waals surface area (Å²) >= 11 is 9.49. The summed E-state index contributed by atoms with van der Waals surface area (Å²) in [7, 11) is 0. The molecule has 2 N–H and O–H groups in total. The number of nitrogens with one attached hydrogen (secondary N) is 2. The number of thioether (sulfide) groups is 1. The Kier molecular flexibility index (Phi) is 3.96. The third-order valence-electron chi connectivity index (χ3n) is 2.65. The summed E-state index contributed by atoms with van der Waals surface area (Å²) < 4.78 is 1.32. The zero-order chi connectivity index (χ0) is 13.1. The summed E-state index contributed by atoms with van der Waals surface area (Å²) in [4.78, 5) is 4.57. The van der Waals surface area contributed by atoms with Gasteiger partial charge in [-0.1, -0.05) is 11.6 Å². The van der Waals surface area contributed by atoms with Gasteiger partial charge in [-0.3, -0.25) is 15.8 Å². The molecule has 98 valence electrons. The summed E-state index contributed by atoms with van der Waals surface area (Å²) in [5.74, 6) is 1.93. The first kappa shape index (κ1) is 12.8. The molecule has 0 amide bonds. The van der Waals surface area contributed by atoms with Crippen molar-refractivity contribution in [2.45, 2.75) is 4.21 Å². The minimum Gasteiger partial charge on any atom is -0.300 e. The van der Waals surface area contributed by atoms with Crippen molar-refractivity contribution in [2.24, 2.45) is 4.99 Å².